The minimum absolute atomic E-state index is 0.00169. The number of anilines is 2. The van der Waals surface area contributed by atoms with Gasteiger partial charge in [-0.2, -0.15) is 13.2 Å². The Morgan fingerprint density at radius 3 is 2.46 bits per heavy atom. The molecule has 0 aromatic heterocycles. The lowest BCUT2D eigenvalue weighted by atomic mass is 9.86. The lowest BCUT2D eigenvalue weighted by Crippen LogP contribution is -2.48. The second-order valence-electron chi connectivity index (χ2n) is 9.35. The molecule has 1 aliphatic heterocycles. The molecule has 4 rings (SSSR count). The summed E-state index contributed by atoms with van der Waals surface area (Å²) < 4.78 is 92.6. The average Bonchev–Trinajstić information content (AvgIpc) is 2.87. The third-order valence-electron chi connectivity index (χ3n) is 6.50. The molecule has 0 radical (unpaired) electrons. The van der Waals surface area contributed by atoms with Gasteiger partial charge in [-0.05, 0) is 61.7 Å². The molecule has 0 bridgehead atoms. The molecule has 0 spiro atoms. The van der Waals surface area contributed by atoms with Gasteiger partial charge in [0.05, 0.1) is 29.6 Å². The zero-order chi connectivity index (χ0) is 28.4. The van der Waals surface area contributed by atoms with Crippen LogP contribution in [0.15, 0.2) is 47.4 Å². The highest BCUT2D eigenvalue weighted by molar-refractivity contribution is 7.92. The van der Waals surface area contributed by atoms with E-state index in [1.54, 1.807) is 0 Å². The Kier molecular flexibility index (Phi) is 8.23. The molecule has 0 saturated heterocycles. The fourth-order valence-electron chi connectivity index (χ4n) is 4.61. The minimum Gasteiger partial charge on any atom is -0.484 e. The summed E-state index contributed by atoms with van der Waals surface area (Å²) in [5.74, 6) is -2.62. The molecule has 1 saturated carbocycles. The van der Waals surface area contributed by atoms with Gasteiger partial charge in [0, 0.05) is 12.6 Å². The molecule has 1 fully saturated rings. The third kappa shape index (κ3) is 6.72. The number of halogens is 4. The summed E-state index contributed by atoms with van der Waals surface area (Å²) in [5, 5.41) is 4.94. The maximum Gasteiger partial charge on any atom is 0.411 e. The number of sulfonamides is 1. The Morgan fingerprint density at radius 2 is 1.79 bits per heavy atom. The number of fused-ring (bicyclic) bond motifs is 1. The van der Waals surface area contributed by atoms with Crippen LogP contribution in [0.3, 0.4) is 0 Å². The molecule has 2 aromatic carbocycles. The molecule has 9 nitrogen and oxygen atoms in total. The standard InChI is InChI=1S/C25H27F4N3O6S/c1-15(33)30-13-18-14-32(39(35,36)19-9-6-16(26)7-10-19)21-12-17(8-11-23(21)37-18)31-24(34)38-22-5-3-2-4-20(22)25(27,28)29/h6-12,18,20,22H,2-5,13-14H2,1H3,(H,30,33)(H,31,34)/t18-,20+,22-/m0/s1. The number of nitrogens with zero attached hydrogens (tertiary/aromatic N) is 1. The Bertz CT molecular complexity index is 1320. The molecule has 1 aliphatic carbocycles. The molecule has 3 atom stereocenters. The van der Waals surface area contributed by atoms with E-state index in [1.807, 2.05) is 0 Å². The van der Waals surface area contributed by atoms with Crippen LogP contribution in [-0.4, -0.2) is 51.9 Å². The van der Waals surface area contributed by atoms with Gasteiger partial charge in [-0.15, -0.1) is 0 Å². The van der Waals surface area contributed by atoms with Crippen molar-refractivity contribution in [3.05, 3.63) is 48.3 Å². The summed E-state index contributed by atoms with van der Waals surface area (Å²) in [4.78, 5) is 23.7. The normalized spacial score (nSPS) is 21.4. The van der Waals surface area contributed by atoms with E-state index in [1.165, 1.54) is 25.1 Å². The number of carbonyl (C=O) groups excluding carboxylic acids is 2. The number of hydrogen-bond donors (Lipinski definition) is 2. The summed E-state index contributed by atoms with van der Waals surface area (Å²) >= 11 is 0. The number of rotatable bonds is 6. The lowest BCUT2D eigenvalue weighted by Gasteiger charge is -2.36. The molecule has 14 heteroatoms. The van der Waals surface area contributed by atoms with Crippen LogP contribution in [0.4, 0.5) is 33.7 Å². The van der Waals surface area contributed by atoms with Crippen LogP contribution in [0, 0.1) is 11.7 Å². The van der Waals surface area contributed by atoms with Gasteiger partial charge in [0.1, 0.15) is 23.8 Å². The fraction of sp³-hybridized carbons (Fsp3) is 0.440. The second kappa shape index (κ2) is 11.3. The SMILES string of the molecule is CC(=O)NC[C@H]1CN(S(=O)(=O)c2ccc(F)cc2)c2cc(NC(=O)O[C@H]3CCCC[C@H]3C(F)(F)F)ccc2O1. The van der Waals surface area contributed by atoms with Crippen molar-refractivity contribution < 1.29 is 45.0 Å². The Balaban J connectivity index is 1.59. The maximum absolute atomic E-state index is 13.5. The average molecular weight is 574 g/mol. The first-order valence-electron chi connectivity index (χ1n) is 12.2. The number of carbonyl (C=O) groups is 2. The van der Waals surface area contributed by atoms with E-state index in [2.05, 4.69) is 10.6 Å². The number of amides is 2. The number of benzene rings is 2. The van der Waals surface area contributed by atoms with Crippen LogP contribution in [0.25, 0.3) is 0 Å². The predicted molar refractivity (Wildman–Crippen MR) is 132 cm³/mol. The van der Waals surface area contributed by atoms with Gasteiger partial charge in [0.2, 0.25) is 5.91 Å². The highest BCUT2D eigenvalue weighted by Gasteiger charge is 2.47. The zero-order valence-electron chi connectivity index (χ0n) is 20.8. The topological polar surface area (TPSA) is 114 Å². The highest BCUT2D eigenvalue weighted by Crippen LogP contribution is 2.41. The molecular weight excluding hydrogens is 546 g/mol. The van der Waals surface area contributed by atoms with Gasteiger partial charge in [0.15, 0.2) is 0 Å². The molecule has 2 aliphatic rings. The van der Waals surface area contributed by atoms with Gasteiger partial charge in [0.25, 0.3) is 10.0 Å². The monoisotopic (exact) mass is 573 g/mol. The third-order valence-corrected chi connectivity index (χ3v) is 8.29. The minimum atomic E-state index is -4.50. The van der Waals surface area contributed by atoms with E-state index in [0.29, 0.717) is 12.8 Å². The number of hydrogen-bond acceptors (Lipinski definition) is 6. The summed E-state index contributed by atoms with van der Waals surface area (Å²) in [5.41, 5.74) is 0.0865. The zero-order valence-corrected chi connectivity index (χ0v) is 21.6. The van der Waals surface area contributed by atoms with Crippen molar-refractivity contribution in [1.29, 1.82) is 0 Å². The van der Waals surface area contributed by atoms with Crippen molar-refractivity contribution >= 4 is 33.4 Å². The molecule has 2 aromatic rings. The van der Waals surface area contributed by atoms with Crippen molar-refractivity contribution in [2.24, 2.45) is 5.92 Å². The van der Waals surface area contributed by atoms with E-state index < -0.39 is 46.2 Å². The van der Waals surface area contributed by atoms with Gasteiger partial charge in [-0.1, -0.05) is 6.42 Å². The van der Waals surface area contributed by atoms with Crippen molar-refractivity contribution in [3.8, 4) is 5.75 Å². The number of ether oxygens (including phenoxy) is 2. The van der Waals surface area contributed by atoms with Crippen molar-refractivity contribution in [2.75, 3.05) is 22.7 Å². The van der Waals surface area contributed by atoms with E-state index in [4.69, 9.17) is 9.47 Å². The van der Waals surface area contributed by atoms with Crippen LogP contribution in [0.2, 0.25) is 0 Å². The van der Waals surface area contributed by atoms with E-state index in [9.17, 15) is 35.6 Å². The van der Waals surface area contributed by atoms with Crippen molar-refractivity contribution in [3.63, 3.8) is 0 Å². The Morgan fingerprint density at radius 1 is 1.10 bits per heavy atom. The molecule has 212 valence electrons. The quantitative estimate of drug-likeness (QED) is 0.489. The summed E-state index contributed by atoms with van der Waals surface area (Å²) in [7, 11) is -4.25. The lowest BCUT2D eigenvalue weighted by molar-refractivity contribution is -0.206. The van der Waals surface area contributed by atoms with Gasteiger partial charge < -0.3 is 14.8 Å². The van der Waals surface area contributed by atoms with Crippen LogP contribution in [-0.2, 0) is 19.6 Å². The van der Waals surface area contributed by atoms with E-state index in [0.717, 1.165) is 28.6 Å². The first-order valence-corrected chi connectivity index (χ1v) is 13.7. The Labute approximate surface area is 222 Å². The first kappa shape index (κ1) is 28.5. The van der Waals surface area contributed by atoms with Crippen LogP contribution < -0.4 is 19.7 Å². The van der Waals surface area contributed by atoms with Gasteiger partial charge in [-0.25, -0.2) is 17.6 Å². The van der Waals surface area contributed by atoms with Crippen LogP contribution >= 0.6 is 0 Å². The first-order chi connectivity index (χ1) is 18.3. The molecule has 2 N–H and O–H groups in total. The summed E-state index contributed by atoms with van der Waals surface area (Å²) in [6.45, 7) is 1.07. The van der Waals surface area contributed by atoms with E-state index in [-0.39, 0.29) is 53.9 Å². The van der Waals surface area contributed by atoms with Crippen molar-refractivity contribution in [2.45, 2.75) is 55.9 Å². The van der Waals surface area contributed by atoms with Gasteiger partial charge >= 0.3 is 12.3 Å². The van der Waals surface area contributed by atoms with Crippen molar-refractivity contribution in [1.82, 2.24) is 5.32 Å². The smallest absolute Gasteiger partial charge is 0.411 e. The van der Waals surface area contributed by atoms with E-state index >= 15 is 0 Å². The molecule has 0 unspecified atom stereocenters. The van der Waals surface area contributed by atoms with Gasteiger partial charge in [-0.3, -0.25) is 14.4 Å². The number of nitrogens with one attached hydrogen (secondary N) is 2. The fourth-order valence-corrected chi connectivity index (χ4v) is 6.11. The molecule has 39 heavy (non-hydrogen) atoms. The predicted octanol–water partition coefficient (Wildman–Crippen LogP) is 4.59. The summed E-state index contributed by atoms with van der Waals surface area (Å²) in [6.07, 6.45) is -6.88. The molecule has 2 amide bonds. The van der Waals surface area contributed by atoms with Crippen LogP contribution in [0.5, 0.6) is 5.75 Å². The highest BCUT2D eigenvalue weighted by atomic mass is 32.2. The maximum atomic E-state index is 13.5. The molecular formula is C25H27F4N3O6S. The summed E-state index contributed by atoms with van der Waals surface area (Å²) in [6, 6.07) is 8.25. The molecule has 1 heterocycles. The Hall–Kier alpha value is -3.55. The van der Waals surface area contributed by atoms with Crippen LogP contribution in [0.1, 0.15) is 32.6 Å². The number of alkyl halides is 3. The second-order valence-corrected chi connectivity index (χ2v) is 11.2. The largest absolute Gasteiger partial charge is 0.484 e.